The Balaban J connectivity index is 2.27. The largest absolute Gasteiger partial charge is 0.512 e. The number of carbonyl (C=O) groups is 2. The van der Waals surface area contributed by atoms with E-state index in [0.29, 0.717) is 11.3 Å². The molecule has 1 aliphatic rings. The lowest BCUT2D eigenvalue weighted by Crippen LogP contribution is -2.54. The number of rotatable bonds is 7. The Morgan fingerprint density at radius 3 is 2.22 bits per heavy atom. The summed E-state index contributed by atoms with van der Waals surface area (Å²) in [4.78, 5) is 37.4. The SMILES string of the molecule is COc1ccc(N2C(c3ccc([N+](=O)[O-])cc3)C(C(C)=O)=C(O)CC2(C)CC(C)=O)cc1. The van der Waals surface area contributed by atoms with Gasteiger partial charge in [0.15, 0.2) is 5.78 Å². The number of Topliss-reactive ketones (excluding diaryl/α,β-unsaturated/α-hetero) is 2. The molecule has 3 rings (SSSR count). The molecule has 1 aliphatic heterocycles. The molecule has 168 valence electrons. The first-order valence-electron chi connectivity index (χ1n) is 10.2. The smallest absolute Gasteiger partial charge is 0.269 e. The van der Waals surface area contributed by atoms with E-state index in [2.05, 4.69) is 0 Å². The van der Waals surface area contributed by atoms with Gasteiger partial charge < -0.3 is 14.7 Å². The summed E-state index contributed by atoms with van der Waals surface area (Å²) in [6, 6.07) is 12.4. The van der Waals surface area contributed by atoms with E-state index in [0.717, 1.165) is 5.69 Å². The lowest BCUT2D eigenvalue weighted by atomic mass is 9.77. The first kappa shape index (κ1) is 23.0. The number of aliphatic hydroxyl groups is 1. The van der Waals surface area contributed by atoms with E-state index in [1.165, 1.54) is 26.0 Å². The number of nitrogens with zero attached hydrogens (tertiary/aromatic N) is 2. The van der Waals surface area contributed by atoms with Crippen molar-refractivity contribution in [1.29, 1.82) is 0 Å². The Morgan fingerprint density at radius 2 is 1.75 bits per heavy atom. The van der Waals surface area contributed by atoms with Crippen molar-refractivity contribution in [2.24, 2.45) is 0 Å². The molecule has 8 heteroatoms. The molecule has 2 atom stereocenters. The van der Waals surface area contributed by atoms with Crippen molar-refractivity contribution in [3.8, 4) is 5.75 Å². The number of hydrogen-bond donors (Lipinski definition) is 1. The van der Waals surface area contributed by atoms with Crippen LogP contribution in [0.2, 0.25) is 0 Å². The Morgan fingerprint density at radius 1 is 1.16 bits per heavy atom. The van der Waals surface area contributed by atoms with Gasteiger partial charge in [-0.25, -0.2) is 0 Å². The lowest BCUT2D eigenvalue weighted by Gasteiger charge is -2.51. The van der Waals surface area contributed by atoms with E-state index in [1.54, 1.807) is 31.4 Å². The van der Waals surface area contributed by atoms with E-state index >= 15 is 0 Å². The zero-order chi connectivity index (χ0) is 23.6. The Kier molecular flexibility index (Phi) is 6.34. The molecule has 2 unspecified atom stereocenters. The molecule has 0 bridgehead atoms. The Hall–Kier alpha value is -3.68. The third-order valence-corrected chi connectivity index (χ3v) is 5.75. The number of aliphatic hydroxyl groups excluding tert-OH is 1. The van der Waals surface area contributed by atoms with Crippen molar-refractivity contribution >= 4 is 22.9 Å². The average molecular weight is 438 g/mol. The molecule has 2 aromatic carbocycles. The third kappa shape index (κ3) is 4.34. The number of hydrogen-bond acceptors (Lipinski definition) is 7. The number of ether oxygens (including phenoxy) is 1. The van der Waals surface area contributed by atoms with Crippen LogP contribution >= 0.6 is 0 Å². The molecule has 8 nitrogen and oxygen atoms in total. The molecule has 32 heavy (non-hydrogen) atoms. The normalized spacial score (nSPS) is 20.8. The van der Waals surface area contributed by atoms with E-state index in [9.17, 15) is 24.8 Å². The quantitative estimate of drug-likeness (QED) is 0.493. The zero-order valence-electron chi connectivity index (χ0n) is 18.5. The number of benzene rings is 2. The van der Waals surface area contributed by atoms with Gasteiger partial charge in [-0.05, 0) is 62.7 Å². The number of methoxy groups -OCH3 is 1. The maximum Gasteiger partial charge on any atom is 0.269 e. The van der Waals surface area contributed by atoms with Crippen molar-refractivity contribution in [3.63, 3.8) is 0 Å². The van der Waals surface area contributed by atoms with E-state index < -0.39 is 16.5 Å². The van der Waals surface area contributed by atoms with E-state index in [-0.39, 0.29) is 41.4 Å². The van der Waals surface area contributed by atoms with Crippen LogP contribution in [0.4, 0.5) is 11.4 Å². The molecule has 1 N–H and O–H groups in total. The van der Waals surface area contributed by atoms with Crippen LogP contribution in [0.25, 0.3) is 0 Å². The van der Waals surface area contributed by atoms with Gasteiger partial charge in [-0.3, -0.25) is 19.7 Å². The minimum absolute atomic E-state index is 0.0625. The van der Waals surface area contributed by atoms with Crippen LogP contribution in [-0.4, -0.2) is 34.2 Å². The van der Waals surface area contributed by atoms with Crippen LogP contribution in [-0.2, 0) is 9.59 Å². The summed E-state index contributed by atoms with van der Waals surface area (Å²) >= 11 is 0. The molecule has 0 aromatic heterocycles. The summed E-state index contributed by atoms with van der Waals surface area (Å²) in [7, 11) is 1.56. The molecule has 0 amide bonds. The van der Waals surface area contributed by atoms with Crippen molar-refractivity contribution in [2.75, 3.05) is 12.0 Å². The van der Waals surface area contributed by atoms with Gasteiger partial charge in [-0.2, -0.15) is 0 Å². The predicted molar refractivity (Wildman–Crippen MR) is 120 cm³/mol. The maximum absolute atomic E-state index is 12.6. The van der Waals surface area contributed by atoms with E-state index in [1.807, 2.05) is 24.0 Å². The number of nitro benzene ring substituents is 1. The van der Waals surface area contributed by atoms with Gasteiger partial charge in [-0.1, -0.05) is 0 Å². The average Bonchev–Trinajstić information content (AvgIpc) is 2.72. The van der Waals surface area contributed by atoms with Crippen molar-refractivity contribution in [3.05, 3.63) is 75.5 Å². The van der Waals surface area contributed by atoms with Gasteiger partial charge in [0.1, 0.15) is 17.3 Å². The number of carbonyl (C=O) groups excluding carboxylic acids is 2. The summed E-state index contributed by atoms with van der Waals surface area (Å²) in [6.07, 6.45) is 0.245. The molecule has 0 fully saturated rings. The summed E-state index contributed by atoms with van der Waals surface area (Å²) in [5.41, 5.74) is 0.609. The standard InChI is InChI=1S/C24H26N2O6/c1-15(27)13-24(3)14-21(29)22(16(2)28)23(17-5-7-19(8-6-17)26(30)31)25(24)18-9-11-20(32-4)12-10-18/h5-12,23,29H,13-14H2,1-4H3. The number of anilines is 1. The zero-order valence-corrected chi connectivity index (χ0v) is 18.5. The molecular formula is C24H26N2O6. The number of non-ortho nitro benzene ring substituents is 1. The fourth-order valence-corrected chi connectivity index (χ4v) is 4.52. The van der Waals surface area contributed by atoms with Gasteiger partial charge >= 0.3 is 0 Å². The predicted octanol–water partition coefficient (Wildman–Crippen LogP) is 4.69. The first-order valence-corrected chi connectivity index (χ1v) is 10.2. The van der Waals surface area contributed by atoms with Crippen LogP contribution in [0.15, 0.2) is 59.9 Å². The number of ketones is 2. The second-order valence-corrected chi connectivity index (χ2v) is 8.29. The molecule has 0 spiro atoms. The van der Waals surface area contributed by atoms with Gasteiger partial charge in [0.05, 0.1) is 29.2 Å². The van der Waals surface area contributed by atoms with Crippen LogP contribution < -0.4 is 9.64 Å². The van der Waals surface area contributed by atoms with Gasteiger partial charge in [0.25, 0.3) is 5.69 Å². The fraction of sp³-hybridized carbons (Fsp3) is 0.333. The highest BCUT2D eigenvalue weighted by atomic mass is 16.6. The molecule has 1 heterocycles. The molecule has 2 aromatic rings. The molecular weight excluding hydrogens is 412 g/mol. The van der Waals surface area contributed by atoms with Crippen LogP contribution in [0, 0.1) is 10.1 Å². The van der Waals surface area contributed by atoms with Crippen molar-refractivity contribution in [1.82, 2.24) is 0 Å². The highest BCUT2D eigenvalue weighted by molar-refractivity contribution is 5.97. The summed E-state index contributed by atoms with van der Waals surface area (Å²) in [5.74, 6) is 0.201. The van der Waals surface area contributed by atoms with Gasteiger partial charge in [-0.15, -0.1) is 0 Å². The van der Waals surface area contributed by atoms with Crippen LogP contribution in [0.1, 0.15) is 45.2 Å². The summed E-state index contributed by atoms with van der Waals surface area (Å²) in [5, 5.41) is 22.0. The molecule has 0 radical (unpaired) electrons. The Labute approximate surface area is 186 Å². The highest BCUT2D eigenvalue weighted by Crippen LogP contribution is 2.48. The maximum atomic E-state index is 12.6. The summed E-state index contributed by atoms with van der Waals surface area (Å²) in [6.45, 7) is 4.73. The molecule has 0 saturated heterocycles. The van der Waals surface area contributed by atoms with Gasteiger partial charge in [0, 0.05) is 30.7 Å². The summed E-state index contributed by atoms with van der Waals surface area (Å²) < 4.78 is 5.26. The minimum Gasteiger partial charge on any atom is -0.512 e. The Bertz CT molecular complexity index is 1070. The first-order chi connectivity index (χ1) is 15.1. The highest BCUT2D eigenvalue weighted by Gasteiger charge is 2.46. The van der Waals surface area contributed by atoms with Gasteiger partial charge in [0.2, 0.25) is 0 Å². The van der Waals surface area contributed by atoms with Crippen molar-refractivity contribution in [2.45, 2.75) is 45.2 Å². The fourth-order valence-electron chi connectivity index (χ4n) is 4.52. The molecule has 0 saturated carbocycles. The topological polar surface area (TPSA) is 110 Å². The van der Waals surface area contributed by atoms with Crippen LogP contribution in [0.3, 0.4) is 0 Å². The van der Waals surface area contributed by atoms with Crippen molar-refractivity contribution < 1.29 is 24.4 Å². The lowest BCUT2D eigenvalue weighted by molar-refractivity contribution is -0.384. The second kappa shape index (κ2) is 8.82. The second-order valence-electron chi connectivity index (χ2n) is 8.29. The molecule has 0 aliphatic carbocycles. The monoisotopic (exact) mass is 438 g/mol. The van der Waals surface area contributed by atoms with E-state index in [4.69, 9.17) is 4.74 Å². The minimum atomic E-state index is -0.837. The third-order valence-electron chi connectivity index (χ3n) is 5.75. The number of nitro groups is 1. The van der Waals surface area contributed by atoms with Crippen LogP contribution in [0.5, 0.6) is 5.75 Å².